The number of nitro groups is 1. The molecule has 0 radical (unpaired) electrons. The number of sulfonamides is 1. The third-order valence-electron chi connectivity index (χ3n) is 2.49. The molecule has 0 spiro atoms. The highest BCUT2D eigenvalue weighted by molar-refractivity contribution is 8.00. The van der Waals surface area contributed by atoms with E-state index in [0.29, 0.717) is 9.90 Å². The van der Waals surface area contributed by atoms with Crippen LogP contribution in [0.3, 0.4) is 0 Å². The molecule has 2 rings (SSSR count). The summed E-state index contributed by atoms with van der Waals surface area (Å²) in [4.78, 5) is 10.1. The fraction of sp³-hybridized carbons (Fsp3) is 0.200. The van der Waals surface area contributed by atoms with Gasteiger partial charge in [0, 0.05) is 11.6 Å². The van der Waals surface area contributed by atoms with Crippen molar-refractivity contribution in [3.63, 3.8) is 0 Å². The van der Waals surface area contributed by atoms with Gasteiger partial charge in [0.25, 0.3) is 15.7 Å². The number of benzene rings is 1. The third-order valence-corrected chi connectivity index (χ3v) is 5.77. The Morgan fingerprint density at radius 3 is 2.67 bits per heavy atom. The molecule has 0 aliphatic rings. The van der Waals surface area contributed by atoms with Gasteiger partial charge in [-0.1, -0.05) is 29.2 Å². The molecule has 0 amide bonds. The minimum Gasteiger partial charge on any atom is -0.258 e. The molecule has 0 saturated heterocycles. The number of thioether (sulfide) groups is 1. The second-order valence-electron chi connectivity index (χ2n) is 3.89. The summed E-state index contributed by atoms with van der Waals surface area (Å²) in [5.74, 6) is 0. The highest BCUT2D eigenvalue weighted by Crippen LogP contribution is 2.27. The summed E-state index contributed by atoms with van der Waals surface area (Å²) in [5, 5.41) is 18.4. The number of anilines is 1. The first-order valence-electron chi connectivity index (χ1n) is 5.49. The Morgan fingerprint density at radius 1 is 1.38 bits per heavy atom. The first-order valence-corrected chi connectivity index (χ1v) is 9.01. The summed E-state index contributed by atoms with van der Waals surface area (Å²) in [5.41, 5.74) is 0.138. The molecular formula is C10H10N4O4S3. The molecule has 0 unspecified atom stereocenters. The summed E-state index contributed by atoms with van der Waals surface area (Å²) in [7, 11) is -3.94. The zero-order chi connectivity index (χ0) is 15.6. The van der Waals surface area contributed by atoms with E-state index in [9.17, 15) is 18.5 Å². The topological polar surface area (TPSA) is 115 Å². The highest BCUT2D eigenvalue weighted by atomic mass is 32.2. The number of rotatable bonds is 5. The number of aryl methyl sites for hydroxylation is 1. The average molecular weight is 346 g/mol. The standard InChI is InChI=1S/C10H10N4O4S3/c1-6-3-4-7(5-8(6)14(15)16)21(17,18)13-9-11-12-10(19-2)20-9/h3-5H,1-2H3,(H,11,13). The second kappa shape index (κ2) is 5.95. The van der Waals surface area contributed by atoms with Gasteiger partial charge in [0.05, 0.1) is 9.82 Å². The van der Waals surface area contributed by atoms with E-state index in [1.54, 1.807) is 6.26 Å². The van der Waals surface area contributed by atoms with Crippen LogP contribution < -0.4 is 4.72 Å². The minimum absolute atomic E-state index is 0.113. The number of nitrogens with zero attached hydrogens (tertiary/aromatic N) is 3. The lowest BCUT2D eigenvalue weighted by Crippen LogP contribution is -2.13. The molecule has 1 heterocycles. The van der Waals surface area contributed by atoms with Crippen molar-refractivity contribution < 1.29 is 13.3 Å². The molecular weight excluding hydrogens is 336 g/mol. The number of aromatic nitrogens is 2. The lowest BCUT2D eigenvalue weighted by atomic mass is 10.2. The molecule has 1 aromatic heterocycles. The van der Waals surface area contributed by atoms with Crippen LogP contribution in [0.15, 0.2) is 27.4 Å². The highest BCUT2D eigenvalue weighted by Gasteiger charge is 2.21. The fourth-order valence-electron chi connectivity index (χ4n) is 1.46. The van der Waals surface area contributed by atoms with Crippen LogP contribution in [0.2, 0.25) is 0 Å². The Balaban J connectivity index is 2.35. The van der Waals surface area contributed by atoms with Crippen molar-refractivity contribution >= 4 is 43.9 Å². The molecule has 0 aliphatic heterocycles. The van der Waals surface area contributed by atoms with Crippen LogP contribution in [0.5, 0.6) is 0 Å². The van der Waals surface area contributed by atoms with E-state index >= 15 is 0 Å². The summed E-state index contributed by atoms with van der Waals surface area (Å²) in [6.07, 6.45) is 1.79. The monoisotopic (exact) mass is 346 g/mol. The molecule has 2 aromatic rings. The molecule has 11 heteroatoms. The van der Waals surface area contributed by atoms with E-state index in [-0.39, 0.29) is 15.7 Å². The van der Waals surface area contributed by atoms with Crippen molar-refractivity contribution in [3.05, 3.63) is 33.9 Å². The fourth-order valence-corrected chi connectivity index (χ4v) is 3.88. The smallest absolute Gasteiger partial charge is 0.258 e. The van der Waals surface area contributed by atoms with E-state index in [4.69, 9.17) is 0 Å². The molecule has 0 bridgehead atoms. The van der Waals surface area contributed by atoms with Crippen LogP contribution in [-0.2, 0) is 10.0 Å². The predicted octanol–water partition coefficient (Wildman–Crippen LogP) is 2.28. The number of nitro benzene ring substituents is 1. The van der Waals surface area contributed by atoms with Gasteiger partial charge in [-0.25, -0.2) is 8.42 Å². The third kappa shape index (κ3) is 3.49. The number of nitrogens with one attached hydrogen (secondary N) is 1. The van der Waals surface area contributed by atoms with Crippen LogP contribution in [0.25, 0.3) is 0 Å². The Kier molecular flexibility index (Phi) is 4.44. The van der Waals surface area contributed by atoms with Crippen molar-refractivity contribution in [2.24, 2.45) is 0 Å². The normalized spacial score (nSPS) is 11.3. The predicted molar refractivity (Wildman–Crippen MR) is 80.3 cm³/mol. The van der Waals surface area contributed by atoms with Gasteiger partial charge in [-0.15, -0.1) is 10.2 Å². The zero-order valence-electron chi connectivity index (χ0n) is 10.9. The van der Waals surface area contributed by atoms with Gasteiger partial charge < -0.3 is 0 Å². The molecule has 0 saturated carbocycles. The van der Waals surface area contributed by atoms with Crippen LogP contribution in [0, 0.1) is 17.0 Å². The Labute approximate surface area is 128 Å². The van der Waals surface area contributed by atoms with Gasteiger partial charge in [0.2, 0.25) is 5.13 Å². The van der Waals surface area contributed by atoms with Gasteiger partial charge in [-0.05, 0) is 19.2 Å². The van der Waals surface area contributed by atoms with Crippen molar-refractivity contribution in [1.82, 2.24) is 10.2 Å². The Morgan fingerprint density at radius 2 is 2.10 bits per heavy atom. The van der Waals surface area contributed by atoms with Crippen LogP contribution in [0.4, 0.5) is 10.8 Å². The molecule has 21 heavy (non-hydrogen) atoms. The maximum absolute atomic E-state index is 12.2. The SMILES string of the molecule is CSc1nnc(NS(=O)(=O)c2ccc(C)c([N+](=O)[O-])c2)s1. The molecule has 1 aromatic carbocycles. The minimum atomic E-state index is -3.94. The summed E-state index contributed by atoms with van der Waals surface area (Å²) < 4.78 is 27.2. The van der Waals surface area contributed by atoms with E-state index in [1.807, 2.05) is 0 Å². The molecule has 1 N–H and O–H groups in total. The quantitative estimate of drug-likeness (QED) is 0.501. The van der Waals surface area contributed by atoms with Gasteiger partial charge in [0.1, 0.15) is 0 Å². The lowest BCUT2D eigenvalue weighted by molar-refractivity contribution is -0.385. The second-order valence-corrected chi connectivity index (χ2v) is 7.60. The van der Waals surface area contributed by atoms with E-state index in [0.717, 1.165) is 17.4 Å². The molecule has 112 valence electrons. The summed E-state index contributed by atoms with van der Waals surface area (Å²) in [6.45, 7) is 1.54. The van der Waals surface area contributed by atoms with Gasteiger partial charge in [-0.2, -0.15) is 0 Å². The number of hydrogen-bond acceptors (Lipinski definition) is 8. The lowest BCUT2D eigenvalue weighted by Gasteiger charge is -2.05. The van der Waals surface area contributed by atoms with Crippen molar-refractivity contribution in [2.75, 3.05) is 11.0 Å². The first-order chi connectivity index (χ1) is 9.83. The summed E-state index contributed by atoms with van der Waals surface area (Å²) in [6, 6.07) is 3.72. The molecule has 0 fully saturated rings. The van der Waals surface area contributed by atoms with Crippen LogP contribution in [-0.4, -0.2) is 29.8 Å². The maximum atomic E-state index is 12.2. The summed E-state index contributed by atoms with van der Waals surface area (Å²) >= 11 is 2.43. The molecule has 0 atom stereocenters. The largest absolute Gasteiger partial charge is 0.273 e. The van der Waals surface area contributed by atoms with E-state index in [1.165, 1.54) is 30.8 Å². The number of hydrogen-bond donors (Lipinski definition) is 1. The van der Waals surface area contributed by atoms with Crippen molar-refractivity contribution in [2.45, 2.75) is 16.2 Å². The van der Waals surface area contributed by atoms with Crippen molar-refractivity contribution in [3.8, 4) is 0 Å². The van der Waals surface area contributed by atoms with E-state index < -0.39 is 14.9 Å². The zero-order valence-corrected chi connectivity index (χ0v) is 13.4. The van der Waals surface area contributed by atoms with Crippen molar-refractivity contribution in [1.29, 1.82) is 0 Å². The van der Waals surface area contributed by atoms with Crippen LogP contribution >= 0.6 is 23.1 Å². The Hall–Kier alpha value is -1.72. The molecule has 0 aliphatic carbocycles. The maximum Gasteiger partial charge on any atom is 0.273 e. The first kappa shape index (κ1) is 15.7. The Bertz CT molecular complexity index is 787. The molecule has 8 nitrogen and oxygen atoms in total. The average Bonchev–Trinajstić information content (AvgIpc) is 2.85. The van der Waals surface area contributed by atoms with Crippen LogP contribution in [0.1, 0.15) is 5.56 Å². The van der Waals surface area contributed by atoms with E-state index in [2.05, 4.69) is 14.9 Å². The van der Waals surface area contributed by atoms with Gasteiger partial charge in [0.15, 0.2) is 4.34 Å². The van der Waals surface area contributed by atoms with Gasteiger partial charge in [-0.3, -0.25) is 14.8 Å². The van der Waals surface area contributed by atoms with Gasteiger partial charge >= 0.3 is 0 Å².